The van der Waals surface area contributed by atoms with Crippen LogP contribution in [0, 0.1) is 6.92 Å². The highest BCUT2D eigenvalue weighted by Crippen LogP contribution is 2.29. The van der Waals surface area contributed by atoms with Crippen LogP contribution in [0.5, 0.6) is 0 Å². The van der Waals surface area contributed by atoms with Crippen LogP contribution in [-0.2, 0) is 0 Å². The number of nitrogens with two attached hydrogens (primary N) is 1. The number of aryl methyl sites for hydroxylation is 1. The van der Waals surface area contributed by atoms with Crippen LogP contribution in [0.3, 0.4) is 0 Å². The molecule has 1 aromatic carbocycles. The molecule has 0 amide bonds. The lowest BCUT2D eigenvalue weighted by molar-refractivity contribution is 0.909. The first-order chi connectivity index (χ1) is 8.06. The molecule has 17 heavy (non-hydrogen) atoms. The van der Waals surface area contributed by atoms with Crippen LogP contribution < -0.4 is 11.1 Å². The van der Waals surface area contributed by atoms with Gasteiger partial charge in [-0.05, 0) is 44.2 Å². The standard InChI is InChI=1S/C13H15ClN2S/c1-8-3-6-13(17-8)9(2)16-12-7-10(14)4-5-11(12)15/h3-7,9,16H,15H2,1-2H3. The maximum Gasteiger partial charge on any atom is 0.0593 e. The molecule has 1 unspecified atom stereocenters. The Morgan fingerprint density at radius 1 is 1.29 bits per heavy atom. The van der Waals surface area contributed by atoms with Gasteiger partial charge in [-0.2, -0.15) is 0 Å². The average Bonchev–Trinajstić information content (AvgIpc) is 2.70. The summed E-state index contributed by atoms with van der Waals surface area (Å²) in [4.78, 5) is 2.61. The Morgan fingerprint density at radius 3 is 2.71 bits per heavy atom. The Labute approximate surface area is 110 Å². The van der Waals surface area contributed by atoms with Crippen LogP contribution >= 0.6 is 22.9 Å². The normalized spacial score (nSPS) is 12.4. The molecule has 0 aliphatic rings. The highest BCUT2D eigenvalue weighted by molar-refractivity contribution is 7.12. The van der Waals surface area contributed by atoms with Crippen LogP contribution in [0.4, 0.5) is 11.4 Å². The van der Waals surface area contributed by atoms with Crippen molar-refractivity contribution in [1.29, 1.82) is 0 Å². The summed E-state index contributed by atoms with van der Waals surface area (Å²) in [5.41, 5.74) is 7.51. The van der Waals surface area contributed by atoms with Crippen molar-refractivity contribution in [3.63, 3.8) is 0 Å². The first kappa shape index (κ1) is 12.3. The Balaban J connectivity index is 2.18. The lowest BCUT2D eigenvalue weighted by Gasteiger charge is -2.15. The summed E-state index contributed by atoms with van der Waals surface area (Å²) >= 11 is 7.75. The summed E-state index contributed by atoms with van der Waals surface area (Å²) in [6.45, 7) is 4.22. The predicted octanol–water partition coefficient (Wildman–Crippen LogP) is 4.47. The molecule has 0 saturated carbocycles. The van der Waals surface area contributed by atoms with E-state index in [-0.39, 0.29) is 6.04 Å². The molecule has 90 valence electrons. The molecular weight excluding hydrogens is 252 g/mol. The lowest BCUT2D eigenvalue weighted by Crippen LogP contribution is -2.06. The fourth-order valence-electron chi connectivity index (χ4n) is 1.64. The van der Waals surface area contributed by atoms with Gasteiger partial charge in [-0.1, -0.05) is 11.6 Å². The van der Waals surface area contributed by atoms with Gasteiger partial charge in [-0.25, -0.2) is 0 Å². The third kappa shape index (κ3) is 2.93. The Kier molecular flexibility index (Phi) is 3.60. The largest absolute Gasteiger partial charge is 0.397 e. The molecule has 2 rings (SSSR count). The zero-order chi connectivity index (χ0) is 12.4. The van der Waals surface area contributed by atoms with E-state index >= 15 is 0 Å². The second-order valence-corrected chi connectivity index (χ2v) is 5.80. The minimum absolute atomic E-state index is 0.231. The van der Waals surface area contributed by atoms with Crippen molar-refractivity contribution in [3.8, 4) is 0 Å². The quantitative estimate of drug-likeness (QED) is 0.805. The average molecular weight is 267 g/mol. The van der Waals surface area contributed by atoms with E-state index in [0.29, 0.717) is 5.02 Å². The van der Waals surface area contributed by atoms with Gasteiger partial charge in [0.25, 0.3) is 0 Å². The highest BCUT2D eigenvalue weighted by atomic mass is 35.5. The summed E-state index contributed by atoms with van der Waals surface area (Å²) < 4.78 is 0. The van der Waals surface area contributed by atoms with Crippen molar-refractivity contribution in [2.45, 2.75) is 19.9 Å². The zero-order valence-corrected chi connectivity index (χ0v) is 11.4. The minimum Gasteiger partial charge on any atom is -0.397 e. The topological polar surface area (TPSA) is 38.0 Å². The first-order valence-corrected chi connectivity index (χ1v) is 6.63. The minimum atomic E-state index is 0.231. The molecule has 0 aliphatic carbocycles. The molecule has 3 N–H and O–H groups in total. The second kappa shape index (κ2) is 4.98. The third-order valence-electron chi connectivity index (χ3n) is 2.58. The molecule has 0 fully saturated rings. The molecule has 1 heterocycles. The van der Waals surface area contributed by atoms with E-state index in [4.69, 9.17) is 17.3 Å². The molecule has 2 aromatic rings. The lowest BCUT2D eigenvalue weighted by atomic mass is 10.2. The van der Waals surface area contributed by atoms with E-state index in [1.54, 1.807) is 17.4 Å². The summed E-state index contributed by atoms with van der Waals surface area (Å²) in [6.07, 6.45) is 0. The van der Waals surface area contributed by atoms with Gasteiger partial charge in [0.15, 0.2) is 0 Å². The molecule has 0 bridgehead atoms. The molecule has 0 saturated heterocycles. The van der Waals surface area contributed by atoms with Crippen LogP contribution in [0.15, 0.2) is 30.3 Å². The van der Waals surface area contributed by atoms with E-state index in [1.807, 2.05) is 12.1 Å². The van der Waals surface area contributed by atoms with Crippen molar-refractivity contribution in [1.82, 2.24) is 0 Å². The number of hydrogen-bond acceptors (Lipinski definition) is 3. The van der Waals surface area contributed by atoms with Gasteiger partial charge < -0.3 is 11.1 Å². The van der Waals surface area contributed by atoms with Gasteiger partial charge in [0.05, 0.1) is 17.4 Å². The number of nitrogen functional groups attached to an aromatic ring is 1. The van der Waals surface area contributed by atoms with Gasteiger partial charge >= 0.3 is 0 Å². The van der Waals surface area contributed by atoms with E-state index < -0.39 is 0 Å². The van der Waals surface area contributed by atoms with Crippen LogP contribution in [-0.4, -0.2) is 0 Å². The number of benzene rings is 1. The fourth-order valence-corrected chi connectivity index (χ4v) is 2.70. The fraction of sp³-hybridized carbons (Fsp3) is 0.231. The molecule has 0 radical (unpaired) electrons. The summed E-state index contributed by atoms with van der Waals surface area (Å²) in [5, 5.41) is 4.07. The zero-order valence-electron chi connectivity index (χ0n) is 9.83. The van der Waals surface area contributed by atoms with Crippen molar-refractivity contribution >= 4 is 34.3 Å². The van der Waals surface area contributed by atoms with Crippen molar-refractivity contribution in [2.24, 2.45) is 0 Å². The van der Waals surface area contributed by atoms with Crippen molar-refractivity contribution < 1.29 is 0 Å². The van der Waals surface area contributed by atoms with Gasteiger partial charge in [0.2, 0.25) is 0 Å². The van der Waals surface area contributed by atoms with Crippen LogP contribution in [0.25, 0.3) is 0 Å². The maximum atomic E-state index is 5.96. The van der Waals surface area contributed by atoms with E-state index in [1.165, 1.54) is 9.75 Å². The summed E-state index contributed by atoms with van der Waals surface area (Å²) in [7, 11) is 0. The number of nitrogens with one attached hydrogen (secondary N) is 1. The Hall–Kier alpha value is -1.19. The van der Waals surface area contributed by atoms with E-state index in [0.717, 1.165) is 11.4 Å². The number of anilines is 2. The van der Waals surface area contributed by atoms with Crippen LogP contribution in [0.1, 0.15) is 22.7 Å². The first-order valence-electron chi connectivity index (χ1n) is 5.44. The number of rotatable bonds is 3. The van der Waals surface area contributed by atoms with Gasteiger partial charge in [-0.3, -0.25) is 0 Å². The highest BCUT2D eigenvalue weighted by Gasteiger charge is 2.09. The van der Waals surface area contributed by atoms with E-state index in [2.05, 4.69) is 31.3 Å². The summed E-state index contributed by atoms with van der Waals surface area (Å²) in [6, 6.07) is 9.96. The van der Waals surface area contributed by atoms with Crippen molar-refractivity contribution in [2.75, 3.05) is 11.1 Å². The molecule has 0 aliphatic heterocycles. The van der Waals surface area contributed by atoms with E-state index in [9.17, 15) is 0 Å². The molecule has 4 heteroatoms. The third-order valence-corrected chi connectivity index (χ3v) is 3.99. The predicted molar refractivity (Wildman–Crippen MR) is 77.0 cm³/mol. The molecule has 1 aromatic heterocycles. The van der Waals surface area contributed by atoms with Gasteiger partial charge in [-0.15, -0.1) is 11.3 Å². The molecule has 1 atom stereocenters. The monoisotopic (exact) mass is 266 g/mol. The summed E-state index contributed by atoms with van der Waals surface area (Å²) in [5.74, 6) is 0. The number of thiophene rings is 1. The maximum absolute atomic E-state index is 5.96. The smallest absolute Gasteiger partial charge is 0.0593 e. The van der Waals surface area contributed by atoms with Crippen LogP contribution in [0.2, 0.25) is 5.02 Å². The van der Waals surface area contributed by atoms with Gasteiger partial charge in [0.1, 0.15) is 0 Å². The molecule has 2 nitrogen and oxygen atoms in total. The SMILES string of the molecule is Cc1ccc(C(C)Nc2cc(Cl)ccc2N)s1. The van der Waals surface area contributed by atoms with Gasteiger partial charge in [0, 0.05) is 14.8 Å². The van der Waals surface area contributed by atoms with Crippen molar-refractivity contribution in [3.05, 3.63) is 45.1 Å². The second-order valence-electron chi connectivity index (χ2n) is 4.05. The number of hydrogen-bond donors (Lipinski definition) is 2. The Bertz CT molecular complexity index is 522. The Morgan fingerprint density at radius 2 is 2.06 bits per heavy atom. The molecular formula is C13H15ClN2S. The number of halogens is 1. The molecule has 0 spiro atoms.